The van der Waals surface area contributed by atoms with Crippen molar-refractivity contribution >= 4 is 5.69 Å². The predicted octanol–water partition coefficient (Wildman–Crippen LogP) is 3.12. The molecule has 1 aromatic carbocycles. The van der Waals surface area contributed by atoms with Crippen LogP contribution >= 0.6 is 0 Å². The average Bonchev–Trinajstić information content (AvgIpc) is 2.99. The topological polar surface area (TPSA) is 69.6 Å². The molecule has 21 heavy (non-hydrogen) atoms. The second-order valence-electron chi connectivity index (χ2n) is 6.71. The summed E-state index contributed by atoms with van der Waals surface area (Å²) in [5, 5.41) is 11.9. The van der Waals surface area contributed by atoms with Crippen LogP contribution in [0.15, 0.2) is 12.1 Å². The molecule has 0 spiro atoms. The molecule has 2 aromatic rings. The van der Waals surface area contributed by atoms with Gasteiger partial charge in [-0.05, 0) is 59.7 Å². The summed E-state index contributed by atoms with van der Waals surface area (Å²) in [5.74, 6) is 0.156. The predicted molar refractivity (Wildman–Crippen MR) is 79.0 cm³/mol. The SMILES string of the molecule is Cc1cc(N)cc(-c2nnnn2C2CCC(C)(C)C2)c1F. The fraction of sp³-hybridized carbons (Fsp3) is 0.533. The number of aromatic nitrogens is 4. The van der Waals surface area contributed by atoms with Gasteiger partial charge in [0.05, 0.1) is 11.6 Å². The molecule has 5 nitrogen and oxygen atoms in total. The third-order valence-corrected chi connectivity index (χ3v) is 4.30. The molecule has 0 saturated heterocycles. The van der Waals surface area contributed by atoms with Crippen molar-refractivity contribution in [2.45, 2.75) is 46.1 Å². The minimum atomic E-state index is -0.308. The minimum absolute atomic E-state index is 0.214. The molecule has 1 aliphatic carbocycles. The van der Waals surface area contributed by atoms with E-state index in [1.165, 1.54) is 0 Å². The van der Waals surface area contributed by atoms with Gasteiger partial charge in [-0.15, -0.1) is 5.10 Å². The van der Waals surface area contributed by atoms with Crippen LogP contribution in [-0.2, 0) is 0 Å². The van der Waals surface area contributed by atoms with Crippen molar-refractivity contribution in [2.75, 3.05) is 5.73 Å². The normalized spacial score (nSPS) is 20.9. The maximum absolute atomic E-state index is 14.4. The van der Waals surface area contributed by atoms with E-state index in [1.54, 1.807) is 23.7 Å². The van der Waals surface area contributed by atoms with Crippen LogP contribution in [0.3, 0.4) is 0 Å². The van der Waals surface area contributed by atoms with Gasteiger partial charge in [-0.1, -0.05) is 13.8 Å². The fourth-order valence-electron chi connectivity index (χ4n) is 3.19. The summed E-state index contributed by atoms with van der Waals surface area (Å²) in [6.07, 6.45) is 3.12. The summed E-state index contributed by atoms with van der Waals surface area (Å²) in [6, 6.07) is 3.43. The molecule has 0 bridgehead atoms. The Morgan fingerprint density at radius 3 is 2.81 bits per heavy atom. The molecule has 6 heteroatoms. The number of benzene rings is 1. The highest BCUT2D eigenvalue weighted by Crippen LogP contribution is 2.44. The lowest BCUT2D eigenvalue weighted by molar-refractivity contribution is 0.348. The number of tetrazole rings is 1. The van der Waals surface area contributed by atoms with Gasteiger partial charge in [0.1, 0.15) is 5.82 Å². The van der Waals surface area contributed by atoms with Crippen LogP contribution in [0.25, 0.3) is 11.4 Å². The van der Waals surface area contributed by atoms with Gasteiger partial charge in [0.25, 0.3) is 0 Å². The van der Waals surface area contributed by atoms with Gasteiger partial charge in [0, 0.05) is 5.69 Å². The van der Waals surface area contributed by atoms with Crippen molar-refractivity contribution in [2.24, 2.45) is 5.41 Å². The van der Waals surface area contributed by atoms with Gasteiger partial charge >= 0.3 is 0 Å². The van der Waals surface area contributed by atoms with Gasteiger partial charge in [0.2, 0.25) is 0 Å². The van der Waals surface area contributed by atoms with Crippen molar-refractivity contribution < 1.29 is 4.39 Å². The highest BCUT2D eigenvalue weighted by molar-refractivity contribution is 5.63. The number of hydrogen-bond donors (Lipinski definition) is 1. The lowest BCUT2D eigenvalue weighted by Gasteiger charge is -2.18. The van der Waals surface area contributed by atoms with E-state index in [9.17, 15) is 4.39 Å². The summed E-state index contributed by atoms with van der Waals surface area (Å²) in [6.45, 7) is 6.17. The van der Waals surface area contributed by atoms with E-state index >= 15 is 0 Å². The molecule has 0 radical (unpaired) electrons. The molecule has 2 N–H and O–H groups in total. The van der Waals surface area contributed by atoms with Crippen LogP contribution in [0.1, 0.15) is 44.7 Å². The molecule has 1 saturated carbocycles. The quantitative estimate of drug-likeness (QED) is 0.862. The van der Waals surface area contributed by atoms with Crippen LogP contribution in [-0.4, -0.2) is 20.2 Å². The molecular weight excluding hydrogens is 269 g/mol. The molecule has 1 aliphatic rings. The number of nitrogens with zero attached hydrogens (tertiary/aromatic N) is 4. The summed E-state index contributed by atoms with van der Waals surface area (Å²) in [7, 11) is 0. The van der Waals surface area contributed by atoms with Gasteiger partial charge < -0.3 is 5.73 Å². The molecular formula is C15H20FN5. The summed E-state index contributed by atoms with van der Waals surface area (Å²) < 4.78 is 16.2. The van der Waals surface area contributed by atoms with Crippen molar-refractivity contribution in [3.63, 3.8) is 0 Å². The Labute approximate surface area is 123 Å². The first-order valence-electron chi connectivity index (χ1n) is 7.21. The Morgan fingerprint density at radius 1 is 1.38 bits per heavy atom. The average molecular weight is 289 g/mol. The lowest BCUT2D eigenvalue weighted by Crippen LogP contribution is -2.12. The van der Waals surface area contributed by atoms with Gasteiger partial charge in [-0.2, -0.15) is 0 Å². The molecule has 1 unspecified atom stereocenters. The molecule has 1 atom stereocenters. The molecule has 1 heterocycles. The fourth-order valence-corrected chi connectivity index (χ4v) is 3.19. The number of rotatable bonds is 2. The van der Waals surface area contributed by atoms with Crippen molar-refractivity contribution in [1.82, 2.24) is 20.2 Å². The lowest BCUT2D eigenvalue weighted by atomic mass is 9.92. The Hall–Kier alpha value is -1.98. The van der Waals surface area contributed by atoms with Crippen molar-refractivity contribution in [3.05, 3.63) is 23.5 Å². The number of hydrogen-bond acceptors (Lipinski definition) is 4. The number of nitrogens with two attached hydrogens (primary N) is 1. The Morgan fingerprint density at radius 2 is 2.14 bits per heavy atom. The molecule has 1 aromatic heterocycles. The highest BCUT2D eigenvalue weighted by Gasteiger charge is 2.34. The zero-order valence-corrected chi connectivity index (χ0v) is 12.6. The number of anilines is 1. The zero-order chi connectivity index (χ0) is 15.2. The van der Waals surface area contributed by atoms with Crippen LogP contribution in [0.2, 0.25) is 0 Å². The third-order valence-electron chi connectivity index (χ3n) is 4.30. The third kappa shape index (κ3) is 2.50. The first-order chi connectivity index (χ1) is 9.87. The van der Waals surface area contributed by atoms with E-state index in [2.05, 4.69) is 29.4 Å². The van der Waals surface area contributed by atoms with Crippen molar-refractivity contribution in [3.8, 4) is 11.4 Å². The molecule has 3 rings (SSSR count). The summed E-state index contributed by atoms with van der Waals surface area (Å²) in [5.41, 5.74) is 7.51. The van der Waals surface area contributed by atoms with Gasteiger partial charge in [-0.25, -0.2) is 9.07 Å². The van der Waals surface area contributed by atoms with E-state index in [0.29, 0.717) is 22.6 Å². The second-order valence-corrected chi connectivity index (χ2v) is 6.71. The maximum Gasteiger partial charge on any atom is 0.185 e. The smallest absolute Gasteiger partial charge is 0.185 e. The van der Waals surface area contributed by atoms with E-state index in [-0.39, 0.29) is 17.3 Å². The number of aryl methyl sites for hydroxylation is 1. The minimum Gasteiger partial charge on any atom is -0.399 e. The monoisotopic (exact) mass is 289 g/mol. The number of nitrogen functional groups attached to an aromatic ring is 1. The Kier molecular flexibility index (Phi) is 3.19. The van der Waals surface area contributed by atoms with Crippen LogP contribution in [0.4, 0.5) is 10.1 Å². The number of halogens is 1. The van der Waals surface area contributed by atoms with Crippen LogP contribution < -0.4 is 5.73 Å². The van der Waals surface area contributed by atoms with Gasteiger partial charge in [0.15, 0.2) is 5.82 Å². The Bertz CT molecular complexity index is 677. The van der Waals surface area contributed by atoms with Crippen molar-refractivity contribution in [1.29, 1.82) is 0 Å². The summed E-state index contributed by atoms with van der Waals surface area (Å²) in [4.78, 5) is 0. The first kappa shape index (κ1) is 14.0. The van der Waals surface area contributed by atoms with E-state index < -0.39 is 0 Å². The van der Waals surface area contributed by atoms with Crippen LogP contribution in [0, 0.1) is 18.2 Å². The largest absolute Gasteiger partial charge is 0.399 e. The maximum atomic E-state index is 14.4. The van der Waals surface area contributed by atoms with Crippen LogP contribution in [0.5, 0.6) is 0 Å². The molecule has 0 amide bonds. The molecule has 1 fully saturated rings. The molecule has 112 valence electrons. The zero-order valence-electron chi connectivity index (χ0n) is 12.6. The van der Waals surface area contributed by atoms with Gasteiger partial charge in [-0.3, -0.25) is 0 Å². The molecule has 0 aliphatic heterocycles. The highest BCUT2D eigenvalue weighted by atomic mass is 19.1. The van der Waals surface area contributed by atoms with E-state index in [4.69, 9.17) is 5.73 Å². The van der Waals surface area contributed by atoms with E-state index in [1.807, 2.05) is 0 Å². The standard InChI is InChI=1S/C15H20FN5/c1-9-6-10(17)7-12(13(9)16)14-18-19-20-21(14)11-4-5-15(2,3)8-11/h6-7,11H,4-5,8,17H2,1-3H3. The second kappa shape index (κ2) is 4.79. The summed E-state index contributed by atoms with van der Waals surface area (Å²) >= 11 is 0. The first-order valence-corrected chi connectivity index (χ1v) is 7.21. The Balaban J connectivity index is 2.04. The van der Waals surface area contributed by atoms with E-state index in [0.717, 1.165) is 19.3 Å².